The van der Waals surface area contributed by atoms with Crippen molar-refractivity contribution in [2.75, 3.05) is 19.8 Å². The third-order valence-corrected chi connectivity index (χ3v) is 2.55. The fourth-order valence-corrected chi connectivity index (χ4v) is 1.72. The molecule has 0 unspecified atom stereocenters. The summed E-state index contributed by atoms with van der Waals surface area (Å²) >= 11 is 0. The van der Waals surface area contributed by atoms with Crippen molar-refractivity contribution in [3.63, 3.8) is 0 Å². The van der Waals surface area contributed by atoms with Crippen molar-refractivity contribution >= 4 is 0 Å². The first-order chi connectivity index (χ1) is 6.95. The minimum atomic E-state index is 0.726. The molecule has 2 rings (SSSR count). The van der Waals surface area contributed by atoms with Crippen molar-refractivity contribution in [3.8, 4) is 5.75 Å². The number of piperidine rings is 1. The molecule has 1 aliphatic heterocycles. The number of rotatable bonds is 3. The molecule has 0 N–H and O–H groups in total. The number of hydrogen-bond donors (Lipinski definition) is 0. The maximum Gasteiger partial charge on any atom is 0.142 e. The van der Waals surface area contributed by atoms with Gasteiger partial charge in [0.15, 0.2) is 0 Å². The van der Waals surface area contributed by atoms with Crippen LogP contribution in [0.15, 0.2) is 24.3 Å². The first-order valence-corrected chi connectivity index (χ1v) is 5.26. The molecule has 1 aromatic rings. The van der Waals surface area contributed by atoms with E-state index in [1.165, 1.54) is 32.4 Å². The molecule has 1 aliphatic rings. The molecular weight excluding hydrogens is 174 g/mol. The topological polar surface area (TPSA) is 12.5 Å². The summed E-state index contributed by atoms with van der Waals surface area (Å²) in [5.41, 5.74) is 0. The number of ether oxygens (including phenoxy) is 1. The highest BCUT2D eigenvalue weighted by atomic mass is 16.5. The van der Waals surface area contributed by atoms with E-state index < -0.39 is 0 Å². The molecule has 75 valence electrons. The van der Waals surface area contributed by atoms with Gasteiger partial charge in [-0.05, 0) is 31.0 Å². The summed E-state index contributed by atoms with van der Waals surface area (Å²) < 4.78 is 5.65. The molecule has 2 heteroatoms. The van der Waals surface area contributed by atoms with Gasteiger partial charge in [0.2, 0.25) is 0 Å². The van der Waals surface area contributed by atoms with E-state index in [9.17, 15) is 0 Å². The van der Waals surface area contributed by atoms with Gasteiger partial charge < -0.3 is 4.74 Å². The minimum Gasteiger partial charge on any atom is -0.478 e. The van der Waals surface area contributed by atoms with Crippen LogP contribution in [0, 0.1) is 6.07 Å². The summed E-state index contributed by atoms with van der Waals surface area (Å²) in [5, 5.41) is 0. The molecule has 1 fully saturated rings. The zero-order chi connectivity index (χ0) is 9.64. The Morgan fingerprint density at radius 2 is 1.86 bits per heavy atom. The molecule has 0 bridgehead atoms. The molecule has 0 spiro atoms. The van der Waals surface area contributed by atoms with Crippen LogP contribution in [0.2, 0.25) is 0 Å². The molecule has 14 heavy (non-hydrogen) atoms. The SMILES string of the molecule is [c]1ccc(OCN2CCCCC2)cc1. The molecular formula is C12H16NO. The van der Waals surface area contributed by atoms with E-state index in [2.05, 4.69) is 11.0 Å². The number of likely N-dealkylation sites (tertiary alicyclic amines) is 1. The third-order valence-electron chi connectivity index (χ3n) is 2.55. The summed E-state index contributed by atoms with van der Waals surface area (Å²) in [7, 11) is 0. The predicted molar refractivity (Wildman–Crippen MR) is 56.2 cm³/mol. The minimum absolute atomic E-state index is 0.726. The lowest BCUT2D eigenvalue weighted by Gasteiger charge is -2.26. The average Bonchev–Trinajstić information content (AvgIpc) is 2.29. The fraction of sp³-hybridized carbons (Fsp3) is 0.500. The maximum atomic E-state index is 5.65. The second kappa shape index (κ2) is 5.01. The molecule has 1 saturated heterocycles. The van der Waals surface area contributed by atoms with Crippen molar-refractivity contribution in [2.45, 2.75) is 19.3 Å². The maximum absolute atomic E-state index is 5.65. The van der Waals surface area contributed by atoms with Crippen LogP contribution in [-0.2, 0) is 0 Å². The number of nitrogens with zero attached hydrogens (tertiary/aromatic N) is 1. The van der Waals surface area contributed by atoms with E-state index in [-0.39, 0.29) is 0 Å². The Labute approximate surface area is 85.5 Å². The van der Waals surface area contributed by atoms with Crippen LogP contribution in [0.5, 0.6) is 5.75 Å². The lowest BCUT2D eigenvalue weighted by molar-refractivity contribution is 0.106. The Morgan fingerprint density at radius 1 is 1.14 bits per heavy atom. The summed E-state index contributed by atoms with van der Waals surface area (Å²) in [6.45, 7) is 3.09. The highest BCUT2D eigenvalue weighted by Gasteiger charge is 2.09. The van der Waals surface area contributed by atoms with Crippen LogP contribution >= 0.6 is 0 Å². The van der Waals surface area contributed by atoms with E-state index in [1.807, 2.05) is 24.3 Å². The Balaban J connectivity index is 1.76. The first kappa shape index (κ1) is 9.53. The van der Waals surface area contributed by atoms with Gasteiger partial charge in [-0.15, -0.1) is 0 Å². The lowest BCUT2D eigenvalue weighted by atomic mass is 10.1. The summed E-state index contributed by atoms with van der Waals surface area (Å²) in [6, 6.07) is 10.6. The normalized spacial score (nSPS) is 18.0. The van der Waals surface area contributed by atoms with E-state index >= 15 is 0 Å². The van der Waals surface area contributed by atoms with Gasteiger partial charge in [0.1, 0.15) is 12.5 Å². The monoisotopic (exact) mass is 190 g/mol. The van der Waals surface area contributed by atoms with Crippen LogP contribution in [0.3, 0.4) is 0 Å². The molecule has 1 radical (unpaired) electrons. The van der Waals surface area contributed by atoms with Gasteiger partial charge in [-0.2, -0.15) is 0 Å². The molecule has 1 heterocycles. The lowest BCUT2D eigenvalue weighted by Crippen LogP contribution is -2.33. The van der Waals surface area contributed by atoms with Crippen LogP contribution in [0.4, 0.5) is 0 Å². The summed E-state index contributed by atoms with van der Waals surface area (Å²) in [4.78, 5) is 2.36. The zero-order valence-corrected chi connectivity index (χ0v) is 8.41. The fourth-order valence-electron chi connectivity index (χ4n) is 1.72. The quantitative estimate of drug-likeness (QED) is 0.725. The van der Waals surface area contributed by atoms with Crippen molar-refractivity contribution in [2.24, 2.45) is 0 Å². The standard InChI is InChI=1S/C12H16NO/c1-3-7-12(8-4-1)14-11-13-9-5-2-6-10-13/h3-4,7-8H,2,5-6,9-11H2. The number of benzene rings is 1. The smallest absolute Gasteiger partial charge is 0.142 e. The molecule has 1 aromatic carbocycles. The van der Waals surface area contributed by atoms with Crippen molar-refractivity contribution in [1.82, 2.24) is 4.90 Å². The van der Waals surface area contributed by atoms with Crippen LogP contribution < -0.4 is 4.74 Å². The molecule has 2 nitrogen and oxygen atoms in total. The van der Waals surface area contributed by atoms with Gasteiger partial charge in [0.05, 0.1) is 0 Å². The van der Waals surface area contributed by atoms with Gasteiger partial charge >= 0.3 is 0 Å². The molecule has 0 aliphatic carbocycles. The van der Waals surface area contributed by atoms with E-state index in [4.69, 9.17) is 4.74 Å². The average molecular weight is 190 g/mol. The zero-order valence-electron chi connectivity index (χ0n) is 8.41. The van der Waals surface area contributed by atoms with Crippen molar-refractivity contribution in [1.29, 1.82) is 0 Å². The third kappa shape index (κ3) is 2.74. The highest BCUT2D eigenvalue weighted by molar-refractivity contribution is 5.20. The molecule has 0 saturated carbocycles. The van der Waals surface area contributed by atoms with Gasteiger partial charge in [-0.3, -0.25) is 4.90 Å². The van der Waals surface area contributed by atoms with Gasteiger partial charge in [0.25, 0.3) is 0 Å². The number of hydrogen-bond acceptors (Lipinski definition) is 2. The second-order valence-electron chi connectivity index (χ2n) is 3.69. The van der Waals surface area contributed by atoms with Crippen molar-refractivity contribution in [3.05, 3.63) is 30.3 Å². The van der Waals surface area contributed by atoms with E-state index in [1.54, 1.807) is 0 Å². The summed E-state index contributed by atoms with van der Waals surface area (Å²) in [6.07, 6.45) is 3.99. The van der Waals surface area contributed by atoms with Gasteiger partial charge in [-0.25, -0.2) is 0 Å². The Hall–Kier alpha value is -1.02. The molecule has 0 amide bonds. The Kier molecular flexibility index (Phi) is 3.41. The van der Waals surface area contributed by atoms with Crippen LogP contribution in [0.1, 0.15) is 19.3 Å². The predicted octanol–water partition coefficient (Wildman–Crippen LogP) is 2.31. The van der Waals surface area contributed by atoms with E-state index in [0.29, 0.717) is 0 Å². The van der Waals surface area contributed by atoms with Crippen LogP contribution in [0.25, 0.3) is 0 Å². The van der Waals surface area contributed by atoms with Gasteiger partial charge in [0, 0.05) is 13.1 Å². The van der Waals surface area contributed by atoms with Crippen molar-refractivity contribution < 1.29 is 4.74 Å². The second-order valence-corrected chi connectivity index (χ2v) is 3.69. The Bertz CT molecular complexity index is 254. The largest absolute Gasteiger partial charge is 0.478 e. The summed E-state index contributed by atoms with van der Waals surface area (Å²) in [5.74, 6) is 0.939. The molecule has 0 aromatic heterocycles. The highest BCUT2D eigenvalue weighted by Crippen LogP contribution is 2.11. The first-order valence-electron chi connectivity index (χ1n) is 5.26. The van der Waals surface area contributed by atoms with Crippen LogP contribution in [-0.4, -0.2) is 24.7 Å². The molecule has 0 atom stereocenters. The van der Waals surface area contributed by atoms with E-state index in [0.717, 1.165) is 12.5 Å². The van der Waals surface area contributed by atoms with Gasteiger partial charge in [-0.1, -0.05) is 18.6 Å². The Morgan fingerprint density at radius 3 is 2.57 bits per heavy atom.